The number of pyridine rings is 1. The molecule has 1 aromatic carbocycles. The molecular weight excluding hydrogens is 374 g/mol. The van der Waals surface area contributed by atoms with Gasteiger partial charge in [-0.05, 0) is 69.1 Å². The number of aromatic nitrogens is 1. The topological polar surface area (TPSA) is 45.7 Å². The molecule has 148 valence electrons. The van der Waals surface area contributed by atoms with E-state index in [-0.39, 0.29) is 5.91 Å². The highest BCUT2D eigenvalue weighted by molar-refractivity contribution is 6.29. The SMILES string of the molecule is O=C(c1ccc(OCc2ccc(Cl)nc2)cc1)N1CCC[C@H]1CN1CCCC1. The molecule has 6 heteroatoms. The van der Waals surface area contributed by atoms with Crippen LogP contribution in [0.2, 0.25) is 5.15 Å². The van der Waals surface area contributed by atoms with Crippen LogP contribution < -0.4 is 4.74 Å². The highest BCUT2D eigenvalue weighted by Gasteiger charge is 2.31. The molecule has 2 aliphatic heterocycles. The van der Waals surface area contributed by atoms with E-state index in [1.165, 1.54) is 25.9 Å². The predicted molar refractivity (Wildman–Crippen MR) is 110 cm³/mol. The standard InChI is InChI=1S/C22H26ClN3O2/c23-21-10-5-17(14-24-21)16-28-20-8-6-18(7-9-20)22(27)26-13-3-4-19(26)15-25-11-1-2-12-25/h5-10,14,19H,1-4,11-13,15-16H2/t19-/m0/s1. The molecule has 2 fully saturated rings. The Balaban J connectivity index is 1.34. The molecule has 1 atom stereocenters. The van der Waals surface area contributed by atoms with Gasteiger partial charge in [-0.25, -0.2) is 4.98 Å². The van der Waals surface area contributed by atoms with Crippen molar-refractivity contribution in [1.29, 1.82) is 0 Å². The summed E-state index contributed by atoms with van der Waals surface area (Å²) in [5.74, 6) is 0.872. The number of rotatable bonds is 6. The molecule has 4 rings (SSSR count). The van der Waals surface area contributed by atoms with E-state index in [0.29, 0.717) is 17.8 Å². The predicted octanol–water partition coefficient (Wildman–Crippen LogP) is 4.01. The van der Waals surface area contributed by atoms with Gasteiger partial charge in [-0.2, -0.15) is 0 Å². The third-order valence-corrected chi connectivity index (χ3v) is 5.82. The lowest BCUT2D eigenvalue weighted by Gasteiger charge is -2.28. The van der Waals surface area contributed by atoms with Crippen molar-refractivity contribution in [3.63, 3.8) is 0 Å². The number of likely N-dealkylation sites (tertiary alicyclic amines) is 2. The fourth-order valence-corrected chi connectivity index (χ4v) is 4.19. The molecule has 0 N–H and O–H groups in total. The summed E-state index contributed by atoms with van der Waals surface area (Å²) in [5.41, 5.74) is 1.68. The van der Waals surface area contributed by atoms with E-state index in [0.717, 1.165) is 42.8 Å². The van der Waals surface area contributed by atoms with Crippen LogP contribution in [0, 0.1) is 0 Å². The Morgan fingerprint density at radius 1 is 1.07 bits per heavy atom. The van der Waals surface area contributed by atoms with E-state index in [1.54, 1.807) is 12.3 Å². The Morgan fingerprint density at radius 2 is 1.86 bits per heavy atom. The van der Waals surface area contributed by atoms with Crippen molar-refractivity contribution >= 4 is 17.5 Å². The van der Waals surface area contributed by atoms with Gasteiger partial charge in [-0.15, -0.1) is 0 Å². The zero-order valence-corrected chi connectivity index (χ0v) is 16.8. The lowest BCUT2D eigenvalue weighted by atomic mass is 10.1. The largest absolute Gasteiger partial charge is 0.489 e. The molecule has 0 spiro atoms. The molecule has 5 nitrogen and oxygen atoms in total. The number of nitrogens with zero attached hydrogens (tertiary/aromatic N) is 3. The van der Waals surface area contributed by atoms with Crippen LogP contribution in [0.5, 0.6) is 5.75 Å². The Kier molecular flexibility index (Phi) is 6.13. The Morgan fingerprint density at radius 3 is 2.57 bits per heavy atom. The minimum absolute atomic E-state index is 0.134. The smallest absolute Gasteiger partial charge is 0.254 e. The third kappa shape index (κ3) is 4.65. The first-order valence-electron chi connectivity index (χ1n) is 10.1. The van der Waals surface area contributed by atoms with Gasteiger partial charge >= 0.3 is 0 Å². The Bertz CT molecular complexity index is 788. The van der Waals surface area contributed by atoms with Crippen molar-refractivity contribution in [3.05, 3.63) is 58.9 Å². The van der Waals surface area contributed by atoms with Gasteiger partial charge in [0.25, 0.3) is 5.91 Å². The first-order chi connectivity index (χ1) is 13.7. The fraction of sp³-hybridized carbons (Fsp3) is 0.455. The first-order valence-corrected chi connectivity index (χ1v) is 10.4. The molecule has 3 heterocycles. The van der Waals surface area contributed by atoms with Crippen LogP contribution in [0.25, 0.3) is 0 Å². The van der Waals surface area contributed by atoms with E-state index < -0.39 is 0 Å². The minimum Gasteiger partial charge on any atom is -0.489 e. The normalized spacial score (nSPS) is 19.9. The van der Waals surface area contributed by atoms with Crippen molar-refractivity contribution in [1.82, 2.24) is 14.8 Å². The summed E-state index contributed by atoms with van der Waals surface area (Å²) in [6.07, 6.45) is 6.48. The number of carbonyl (C=O) groups is 1. The number of carbonyl (C=O) groups excluding carboxylic acids is 1. The van der Waals surface area contributed by atoms with Crippen LogP contribution in [0.3, 0.4) is 0 Å². The van der Waals surface area contributed by atoms with Crippen molar-refractivity contribution in [2.75, 3.05) is 26.2 Å². The van der Waals surface area contributed by atoms with Gasteiger partial charge in [-0.3, -0.25) is 4.79 Å². The molecule has 0 unspecified atom stereocenters. The quantitative estimate of drug-likeness (QED) is 0.688. The number of hydrogen-bond donors (Lipinski definition) is 0. The van der Waals surface area contributed by atoms with E-state index in [4.69, 9.17) is 16.3 Å². The monoisotopic (exact) mass is 399 g/mol. The summed E-state index contributed by atoms with van der Waals surface area (Å²) in [6.45, 7) is 4.64. The summed E-state index contributed by atoms with van der Waals surface area (Å²) in [6, 6.07) is 11.4. The highest BCUT2D eigenvalue weighted by atomic mass is 35.5. The van der Waals surface area contributed by atoms with Crippen LogP contribution in [-0.2, 0) is 6.61 Å². The van der Waals surface area contributed by atoms with Gasteiger partial charge in [0.2, 0.25) is 0 Å². The van der Waals surface area contributed by atoms with Crippen molar-refractivity contribution in [3.8, 4) is 5.75 Å². The van der Waals surface area contributed by atoms with E-state index in [1.807, 2.05) is 30.3 Å². The van der Waals surface area contributed by atoms with Gasteiger partial charge in [0.05, 0.1) is 0 Å². The molecule has 1 aromatic heterocycles. The molecule has 2 aromatic rings. The van der Waals surface area contributed by atoms with Crippen molar-refractivity contribution in [2.24, 2.45) is 0 Å². The number of halogens is 1. The summed E-state index contributed by atoms with van der Waals surface area (Å²) in [4.78, 5) is 21.6. The average molecular weight is 400 g/mol. The second kappa shape index (κ2) is 8.93. The van der Waals surface area contributed by atoms with Gasteiger partial charge in [0, 0.05) is 36.5 Å². The molecule has 0 radical (unpaired) electrons. The van der Waals surface area contributed by atoms with Crippen molar-refractivity contribution < 1.29 is 9.53 Å². The maximum Gasteiger partial charge on any atom is 0.254 e. The number of amides is 1. The number of benzene rings is 1. The zero-order valence-electron chi connectivity index (χ0n) is 16.0. The van der Waals surface area contributed by atoms with Crippen LogP contribution in [-0.4, -0.2) is 52.9 Å². The molecule has 28 heavy (non-hydrogen) atoms. The second-order valence-corrected chi connectivity index (χ2v) is 7.99. The average Bonchev–Trinajstić information content (AvgIpc) is 3.40. The Labute approximate surface area is 171 Å². The van der Waals surface area contributed by atoms with Crippen molar-refractivity contribution in [2.45, 2.75) is 38.3 Å². The molecule has 0 bridgehead atoms. The summed E-state index contributed by atoms with van der Waals surface area (Å²) >= 11 is 5.80. The maximum atomic E-state index is 13.0. The lowest BCUT2D eigenvalue weighted by molar-refractivity contribution is 0.0708. The zero-order chi connectivity index (χ0) is 19.3. The molecule has 2 saturated heterocycles. The van der Waals surface area contributed by atoms with Gasteiger partial charge in [0.1, 0.15) is 17.5 Å². The number of hydrogen-bond acceptors (Lipinski definition) is 4. The Hall–Kier alpha value is -2.11. The van der Waals surface area contributed by atoms with Gasteiger partial charge < -0.3 is 14.5 Å². The minimum atomic E-state index is 0.134. The maximum absolute atomic E-state index is 13.0. The van der Waals surface area contributed by atoms with Gasteiger partial charge in [0.15, 0.2) is 0 Å². The van der Waals surface area contributed by atoms with Crippen LogP contribution >= 0.6 is 11.6 Å². The first kappa shape index (κ1) is 19.2. The number of ether oxygens (including phenoxy) is 1. The van der Waals surface area contributed by atoms with Crippen LogP contribution in [0.4, 0.5) is 0 Å². The lowest BCUT2D eigenvalue weighted by Crippen LogP contribution is -2.42. The summed E-state index contributed by atoms with van der Waals surface area (Å²) in [5, 5.41) is 0.469. The molecular formula is C22H26ClN3O2. The molecule has 0 saturated carbocycles. The molecule has 0 aliphatic carbocycles. The van der Waals surface area contributed by atoms with E-state index >= 15 is 0 Å². The van der Waals surface area contributed by atoms with Gasteiger partial charge in [-0.1, -0.05) is 17.7 Å². The summed E-state index contributed by atoms with van der Waals surface area (Å²) < 4.78 is 5.79. The second-order valence-electron chi connectivity index (χ2n) is 7.60. The summed E-state index contributed by atoms with van der Waals surface area (Å²) in [7, 11) is 0. The van der Waals surface area contributed by atoms with E-state index in [2.05, 4.69) is 14.8 Å². The van der Waals surface area contributed by atoms with Crippen LogP contribution in [0.15, 0.2) is 42.6 Å². The highest BCUT2D eigenvalue weighted by Crippen LogP contribution is 2.23. The molecule has 2 aliphatic rings. The van der Waals surface area contributed by atoms with Crippen LogP contribution in [0.1, 0.15) is 41.6 Å². The fourth-order valence-electron chi connectivity index (χ4n) is 4.07. The molecule has 1 amide bonds. The van der Waals surface area contributed by atoms with E-state index in [9.17, 15) is 4.79 Å². The third-order valence-electron chi connectivity index (χ3n) is 5.60.